The number of halogens is 2. The minimum absolute atomic E-state index is 0. The van der Waals surface area contributed by atoms with Gasteiger partial charge in [0.2, 0.25) is 0 Å². The van der Waals surface area contributed by atoms with Gasteiger partial charge in [-0.3, -0.25) is 0 Å². The summed E-state index contributed by atoms with van der Waals surface area (Å²) in [5.74, 6) is 0.836. The molecule has 0 aromatic heterocycles. The first-order valence-corrected chi connectivity index (χ1v) is 10.3. The molecule has 0 saturated carbocycles. The second kappa shape index (κ2) is 12.3. The maximum absolute atomic E-state index is 5.21. The summed E-state index contributed by atoms with van der Waals surface area (Å²) >= 11 is 4.25. The van der Waals surface area contributed by atoms with Gasteiger partial charge in [-0.05, 0) is 0 Å². The Balaban J connectivity index is 0. The van der Waals surface area contributed by atoms with Crippen molar-refractivity contribution in [1.29, 1.82) is 0 Å². The van der Waals surface area contributed by atoms with Crippen molar-refractivity contribution >= 4 is 30.6 Å². The van der Waals surface area contributed by atoms with Gasteiger partial charge in [-0.1, -0.05) is 12.7 Å². The molecular weight excluding hydrogens is 349 g/mol. The Morgan fingerprint density at radius 1 is 1.62 bits per heavy atom. The van der Waals surface area contributed by atoms with Crippen LogP contribution in [-0.4, -0.2) is 6.61 Å². The van der Waals surface area contributed by atoms with Crippen LogP contribution in [0.25, 0.3) is 0 Å². The second-order valence-electron chi connectivity index (χ2n) is 1.84. The van der Waals surface area contributed by atoms with Gasteiger partial charge in [-0.25, -0.2) is 0 Å². The fourth-order valence-electron chi connectivity index (χ4n) is 0.622. The summed E-state index contributed by atoms with van der Waals surface area (Å²) in [5, 5.41) is 0. The fraction of sp³-hybridized carbons (Fsp3) is 0.111. The average Bonchev–Trinajstić information content (AvgIpc) is 2.19. The van der Waals surface area contributed by atoms with Crippen molar-refractivity contribution < 1.29 is 21.1 Å². The Bertz CT molecular complexity index is 204. The van der Waals surface area contributed by atoms with Crippen LogP contribution < -0.4 is 4.74 Å². The first-order chi connectivity index (χ1) is 5.93. The zero-order chi connectivity index (χ0) is 9.23. The van der Waals surface area contributed by atoms with Crippen LogP contribution in [0.1, 0.15) is 0 Å². The van der Waals surface area contributed by atoms with Crippen molar-refractivity contribution in [3.05, 3.63) is 43.0 Å². The average molecular weight is 359 g/mol. The molecule has 0 aliphatic rings. The molecule has 1 rings (SSSR count). The molecule has 0 N–H and O–H groups in total. The molecule has 1 aromatic carbocycles. The summed E-state index contributed by atoms with van der Waals surface area (Å²) in [4.78, 5) is 0. The standard InChI is InChI=1S/C9H9O.2BrH.Zn/c1-2-8-10-9-6-4-3-5-7-9;;;/h2-4,6-7H,1,8H2;2*1H;/q-1;;;+2/p-1. The van der Waals surface area contributed by atoms with Crippen molar-refractivity contribution in [2.45, 2.75) is 0 Å². The Morgan fingerprint density at radius 2 is 2.31 bits per heavy atom. The van der Waals surface area contributed by atoms with Crippen LogP contribution in [0.5, 0.6) is 5.75 Å². The summed E-state index contributed by atoms with van der Waals surface area (Å²) in [6.45, 7) is 4.09. The number of hydrogen-bond donors (Lipinski definition) is 0. The molecule has 0 unspecified atom stereocenters. The Labute approximate surface area is 106 Å². The molecule has 0 bridgehead atoms. The normalized spacial score (nSPS) is 7.31. The minimum atomic E-state index is 0. The van der Waals surface area contributed by atoms with Gasteiger partial charge in [0.25, 0.3) is 0 Å². The zero-order valence-electron chi connectivity index (χ0n) is 7.20. The molecule has 0 heterocycles. The van der Waals surface area contributed by atoms with Crippen molar-refractivity contribution in [2.24, 2.45) is 0 Å². The van der Waals surface area contributed by atoms with Gasteiger partial charge in [0.15, 0.2) is 0 Å². The van der Waals surface area contributed by atoms with Gasteiger partial charge in [0.05, 0.1) is 6.61 Å². The Hall–Kier alpha value is 0.343. The molecule has 0 amide bonds. The van der Waals surface area contributed by atoms with E-state index in [1.54, 1.807) is 12.1 Å². The molecule has 1 aromatic rings. The molecule has 0 radical (unpaired) electrons. The summed E-state index contributed by atoms with van der Waals surface area (Å²) in [6, 6.07) is 10.3. The molecule has 0 aliphatic carbocycles. The van der Waals surface area contributed by atoms with E-state index in [0.29, 0.717) is 6.61 Å². The molecule has 0 aliphatic heterocycles. The van der Waals surface area contributed by atoms with Gasteiger partial charge in [0.1, 0.15) is 0 Å². The SMILES string of the molecule is Br.C=CCOc1c[c-]ccc1.[Zn+][Br]. The summed E-state index contributed by atoms with van der Waals surface area (Å²) in [6.07, 6.45) is 1.72. The van der Waals surface area contributed by atoms with Crippen LogP contribution >= 0.6 is 30.6 Å². The third kappa shape index (κ3) is 8.67. The van der Waals surface area contributed by atoms with Gasteiger partial charge in [-0.15, -0.1) is 29.1 Å². The van der Waals surface area contributed by atoms with Gasteiger partial charge in [0, 0.05) is 5.75 Å². The zero-order valence-corrected chi connectivity index (χ0v) is 13.5. The number of hydrogen-bond acceptors (Lipinski definition) is 1. The van der Waals surface area contributed by atoms with Crippen molar-refractivity contribution in [3.8, 4) is 5.75 Å². The first kappa shape index (κ1) is 15.8. The van der Waals surface area contributed by atoms with E-state index in [1.165, 1.54) is 16.3 Å². The molecule has 0 atom stereocenters. The molecular formula is C9H10Br2OZn. The van der Waals surface area contributed by atoms with Crippen LogP contribution in [0.2, 0.25) is 0 Å². The predicted octanol–water partition coefficient (Wildman–Crippen LogP) is 3.47. The first-order valence-electron chi connectivity index (χ1n) is 3.40. The van der Waals surface area contributed by atoms with Gasteiger partial charge in [-0.2, -0.15) is 18.2 Å². The molecule has 68 valence electrons. The van der Waals surface area contributed by atoms with Crippen molar-refractivity contribution in [3.63, 3.8) is 0 Å². The van der Waals surface area contributed by atoms with E-state index in [4.69, 9.17) is 4.74 Å². The second-order valence-corrected chi connectivity index (χ2v) is 1.84. The third-order valence-corrected chi connectivity index (χ3v) is 1.05. The topological polar surface area (TPSA) is 9.23 Å². The van der Waals surface area contributed by atoms with E-state index in [9.17, 15) is 0 Å². The maximum atomic E-state index is 5.21. The molecule has 1 nitrogen and oxygen atoms in total. The van der Waals surface area contributed by atoms with Crippen LogP contribution in [0, 0.1) is 6.07 Å². The van der Waals surface area contributed by atoms with E-state index < -0.39 is 0 Å². The number of rotatable bonds is 3. The number of ether oxygens (including phenoxy) is 1. The quantitative estimate of drug-likeness (QED) is 0.456. The van der Waals surface area contributed by atoms with Crippen LogP contribution in [0.15, 0.2) is 36.9 Å². The van der Waals surface area contributed by atoms with Crippen LogP contribution in [-0.2, 0) is 16.3 Å². The van der Waals surface area contributed by atoms with Crippen LogP contribution in [0.4, 0.5) is 0 Å². The summed E-state index contributed by atoms with van der Waals surface area (Å²) in [7, 11) is 0. The van der Waals surface area contributed by atoms with E-state index in [-0.39, 0.29) is 17.0 Å². The molecule has 4 heteroatoms. The van der Waals surface area contributed by atoms with Gasteiger partial charge < -0.3 is 4.74 Å². The molecule has 13 heavy (non-hydrogen) atoms. The van der Waals surface area contributed by atoms with Crippen molar-refractivity contribution in [1.82, 2.24) is 0 Å². The molecule has 0 spiro atoms. The Kier molecular flexibility index (Phi) is 15.0. The fourth-order valence-corrected chi connectivity index (χ4v) is 0.622. The number of benzene rings is 1. The van der Waals surface area contributed by atoms with Gasteiger partial charge >= 0.3 is 30.0 Å². The Morgan fingerprint density at radius 3 is 2.77 bits per heavy atom. The van der Waals surface area contributed by atoms with Crippen molar-refractivity contribution in [2.75, 3.05) is 6.61 Å². The van der Waals surface area contributed by atoms with E-state index in [1.807, 2.05) is 18.2 Å². The van der Waals surface area contributed by atoms with E-state index in [0.717, 1.165) is 5.75 Å². The third-order valence-electron chi connectivity index (χ3n) is 1.05. The molecule has 0 saturated heterocycles. The summed E-state index contributed by atoms with van der Waals surface area (Å²) in [5.41, 5.74) is 0. The summed E-state index contributed by atoms with van der Waals surface area (Å²) < 4.78 is 5.21. The monoisotopic (exact) mass is 356 g/mol. The van der Waals surface area contributed by atoms with E-state index >= 15 is 0 Å². The molecule has 0 fully saturated rings. The predicted molar refractivity (Wildman–Crippen MR) is 60.2 cm³/mol. The van der Waals surface area contributed by atoms with Crippen LogP contribution in [0.3, 0.4) is 0 Å². The van der Waals surface area contributed by atoms with E-state index in [2.05, 4.69) is 26.3 Å².